The van der Waals surface area contributed by atoms with E-state index in [1.165, 1.54) is 12.4 Å². The largest absolute Gasteiger partial charge is 0.355 e. The van der Waals surface area contributed by atoms with Gasteiger partial charge in [0, 0.05) is 12.6 Å². The molecule has 21 heavy (non-hydrogen) atoms. The number of nitrogens with one attached hydrogen (secondary N) is 2. The molecule has 0 saturated carbocycles. The zero-order valence-corrected chi connectivity index (χ0v) is 13.9. The maximum absolute atomic E-state index is 12.3. The SMILES string of the molecule is CCCCC(CCC)NS(=O)(=O)c1cnc(NCC)nc1. The normalized spacial score (nSPS) is 13.1. The zero-order chi connectivity index (χ0) is 15.7. The van der Waals surface area contributed by atoms with E-state index in [-0.39, 0.29) is 10.9 Å². The summed E-state index contributed by atoms with van der Waals surface area (Å²) in [6.45, 7) is 6.78. The molecule has 120 valence electrons. The van der Waals surface area contributed by atoms with Gasteiger partial charge in [-0.25, -0.2) is 23.1 Å². The van der Waals surface area contributed by atoms with Crippen molar-refractivity contribution < 1.29 is 8.42 Å². The summed E-state index contributed by atoms with van der Waals surface area (Å²) in [5.41, 5.74) is 0. The lowest BCUT2D eigenvalue weighted by Crippen LogP contribution is -2.34. The van der Waals surface area contributed by atoms with Crippen LogP contribution in [0.4, 0.5) is 5.95 Å². The lowest BCUT2D eigenvalue weighted by molar-refractivity contribution is 0.483. The summed E-state index contributed by atoms with van der Waals surface area (Å²) < 4.78 is 27.4. The first-order chi connectivity index (χ1) is 10.0. The van der Waals surface area contributed by atoms with E-state index >= 15 is 0 Å². The Balaban J connectivity index is 2.77. The minimum atomic E-state index is -3.55. The number of unbranched alkanes of at least 4 members (excludes halogenated alkanes) is 1. The molecule has 1 rings (SSSR count). The molecule has 2 N–H and O–H groups in total. The Labute approximate surface area is 127 Å². The first-order valence-electron chi connectivity index (χ1n) is 7.61. The van der Waals surface area contributed by atoms with Crippen LogP contribution >= 0.6 is 0 Å². The average molecular weight is 314 g/mol. The molecule has 1 aromatic rings. The third-order valence-corrected chi connectivity index (χ3v) is 4.61. The number of hydrogen-bond donors (Lipinski definition) is 2. The summed E-state index contributed by atoms with van der Waals surface area (Å²) in [6, 6.07) is -0.0200. The van der Waals surface area contributed by atoms with E-state index in [2.05, 4.69) is 33.9 Å². The van der Waals surface area contributed by atoms with Crippen LogP contribution in [0.25, 0.3) is 0 Å². The lowest BCUT2D eigenvalue weighted by atomic mass is 10.1. The molecule has 0 fully saturated rings. The minimum absolute atomic E-state index is 0.0200. The van der Waals surface area contributed by atoms with Crippen LogP contribution in [-0.4, -0.2) is 31.0 Å². The van der Waals surface area contributed by atoms with Crippen LogP contribution < -0.4 is 10.0 Å². The lowest BCUT2D eigenvalue weighted by Gasteiger charge is -2.17. The molecule has 0 bridgehead atoms. The van der Waals surface area contributed by atoms with Gasteiger partial charge in [-0.2, -0.15) is 0 Å². The van der Waals surface area contributed by atoms with Crippen molar-refractivity contribution in [3.8, 4) is 0 Å². The molecule has 1 atom stereocenters. The van der Waals surface area contributed by atoms with Crippen molar-refractivity contribution in [1.82, 2.24) is 14.7 Å². The number of sulfonamides is 1. The van der Waals surface area contributed by atoms with E-state index in [9.17, 15) is 8.42 Å². The van der Waals surface area contributed by atoms with Crippen LogP contribution in [0.1, 0.15) is 52.9 Å². The zero-order valence-electron chi connectivity index (χ0n) is 13.1. The molecule has 0 aliphatic carbocycles. The highest BCUT2D eigenvalue weighted by Gasteiger charge is 2.20. The van der Waals surface area contributed by atoms with Gasteiger partial charge in [0.25, 0.3) is 0 Å². The third kappa shape index (κ3) is 5.97. The Morgan fingerprint density at radius 1 is 1.10 bits per heavy atom. The van der Waals surface area contributed by atoms with Gasteiger partial charge in [-0.3, -0.25) is 0 Å². The van der Waals surface area contributed by atoms with Gasteiger partial charge in [-0.1, -0.05) is 33.1 Å². The highest BCUT2D eigenvalue weighted by atomic mass is 32.2. The van der Waals surface area contributed by atoms with E-state index in [0.717, 1.165) is 32.1 Å². The van der Waals surface area contributed by atoms with Crippen LogP contribution in [0.5, 0.6) is 0 Å². The molecule has 7 heteroatoms. The van der Waals surface area contributed by atoms with Gasteiger partial charge in [0.05, 0.1) is 12.4 Å². The van der Waals surface area contributed by atoms with Crippen molar-refractivity contribution in [2.24, 2.45) is 0 Å². The average Bonchev–Trinajstić information content (AvgIpc) is 2.46. The van der Waals surface area contributed by atoms with E-state index < -0.39 is 10.0 Å². The smallest absolute Gasteiger partial charge is 0.243 e. The summed E-state index contributed by atoms with van der Waals surface area (Å²) in [6.07, 6.45) is 7.42. The second-order valence-corrected chi connectivity index (χ2v) is 6.74. The van der Waals surface area contributed by atoms with Crippen molar-refractivity contribution >= 4 is 16.0 Å². The summed E-state index contributed by atoms with van der Waals surface area (Å²) in [4.78, 5) is 8.13. The molecule has 0 radical (unpaired) electrons. The molecule has 1 heterocycles. The first-order valence-corrected chi connectivity index (χ1v) is 9.10. The summed E-state index contributed by atoms with van der Waals surface area (Å²) in [7, 11) is -3.55. The van der Waals surface area contributed by atoms with Gasteiger partial charge in [0.1, 0.15) is 4.90 Å². The second-order valence-electron chi connectivity index (χ2n) is 5.02. The molecule has 0 saturated heterocycles. The summed E-state index contributed by atoms with van der Waals surface area (Å²) >= 11 is 0. The molecule has 0 spiro atoms. The quantitative estimate of drug-likeness (QED) is 0.693. The van der Waals surface area contributed by atoms with Gasteiger partial charge in [-0.15, -0.1) is 0 Å². The van der Waals surface area contributed by atoms with Crippen LogP contribution in [0, 0.1) is 0 Å². The molecule has 6 nitrogen and oxygen atoms in total. The van der Waals surface area contributed by atoms with Gasteiger partial charge in [-0.05, 0) is 19.8 Å². The molecule has 1 aromatic heterocycles. The van der Waals surface area contributed by atoms with Gasteiger partial charge >= 0.3 is 0 Å². The fourth-order valence-electron chi connectivity index (χ4n) is 2.05. The van der Waals surface area contributed by atoms with E-state index in [1.807, 2.05) is 6.92 Å². The Hall–Kier alpha value is -1.21. The second kappa shape index (κ2) is 8.94. The fourth-order valence-corrected chi connectivity index (χ4v) is 3.25. The van der Waals surface area contributed by atoms with Crippen LogP contribution in [0.15, 0.2) is 17.3 Å². The molecular formula is C14H26N4O2S. The molecular weight excluding hydrogens is 288 g/mol. The standard InChI is InChI=1S/C14H26N4O2S/c1-4-7-9-12(8-5-2)18-21(19,20)13-10-16-14(15-6-3)17-11-13/h10-12,18H,4-9H2,1-3H3,(H,15,16,17). The van der Waals surface area contributed by atoms with Gasteiger partial charge in [0.15, 0.2) is 0 Å². The molecule has 0 amide bonds. The Kier molecular flexibility index (Phi) is 7.60. The van der Waals surface area contributed by atoms with Crippen molar-refractivity contribution in [3.63, 3.8) is 0 Å². The van der Waals surface area contributed by atoms with Gasteiger partial charge < -0.3 is 5.32 Å². The Morgan fingerprint density at radius 2 is 1.76 bits per heavy atom. The highest BCUT2D eigenvalue weighted by molar-refractivity contribution is 7.89. The molecule has 1 unspecified atom stereocenters. The molecule has 0 aliphatic rings. The Morgan fingerprint density at radius 3 is 2.29 bits per heavy atom. The number of hydrogen-bond acceptors (Lipinski definition) is 5. The number of aromatic nitrogens is 2. The van der Waals surface area contributed by atoms with Crippen molar-refractivity contribution in [2.45, 2.75) is 63.8 Å². The molecule has 0 aliphatic heterocycles. The van der Waals surface area contributed by atoms with E-state index in [0.29, 0.717) is 12.5 Å². The minimum Gasteiger partial charge on any atom is -0.355 e. The predicted octanol–water partition coefficient (Wildman–Crippen LogP) is 2.55. The van der Waals surface area contributed by atoms with Crippen molar-refractivity contribution in [1.29, 1.82) is 0 Å². The maximum atomic E-state index is 12.3. The number of anilines is 1. The third-order valence-electron chi connectivity index (χ3n) is 3.14. The van der Waals surface area contributed by atoms with E-state index in [1.54, 1.807) is 0 Å². The van der Waals surface area contributed by atoms with E-state index in [4.69, 9.17) is 0 Å². The molecule has 0 aromatic carbocycles. The first kappa shape index (κ1) is 17.8. The Bertz CT molecular complexity index is 502. The van der Waals surface area contributed by atoms with Crippen molar-refractivity contribution in [3.05, 3.63) is 12.4 Å². The fraction of sp³-hybridized carbons (Fsp3) is 0.714. The predicted molar refractivity (Wildman–Crippen MR) is 84.7 cm³/mol. The topological polar surface area (TPSA) is 84.0 Å². The highest BCUT2D eigenvalue weighted by Crippen LogP contribution is 2.13. The van der Waals surface area contributed by atoms with Crippen LogP contribution in [-0.2, 0) is 10.0 Å². The summed E-state index contributed by atoms with van der Waals surface area (Å²) in [5.74, 6) is 0.438. The van der Waals surface area contributed by atoms with Gasteiger partial charge in [0.2, 0.25) is 16.0 Å². The number of rotatable bonds is 10. The monoisotopic (exact) mass is 314 g/mol. The van der Waals surface area contributed by atoms with Crippen LogP contribution in [0.3, 0.4) is 0 Å². The maximum Gasteiger partial charge on any atom is 0.243 e. The number of nitrogens with zero attached hydrogens (tertiary/aromatic N) is 2. The van der Waals surface area contributed by atoms with Crippen molar-refractivity contribution in [2.75, 3.05) is 11.9 Å². The summed E-state index contributed by atoms with van der Waals surface area (Å²) in [5, 5.41) is 2.94. The van der Waals surface area contributed by atoms with Crippen LogP contribution in [0.2, 0.25) is 0 Å².